The average molecular weight is 337 g/mol. The fraction of sp³-hybridized carbons (Fsp3) is 0.267. The second-order valence-electron chi connectivity index (χ2n) is 5.23. The molecule has 1 fully saturated rings. The zero-order chi connectivity index (χ0) is 16.4. The molecule has 0 bridgehead atoms. The maximum atomic E-state index is 12.9. The van der Waals surface area contributed by atoms with Gasteiger partial charge in [0.2, 0.25) is 10.0 Å². The first kappa shape index (κ1) is 15.7. The Bertz CT molecular complexity index is 780. The number of hydrogen-bond donors (Lipinski definition) is 1. The van der Waals surface area contributed by atoms with E-state index in [9.17, 15) is 17.6 Å². The molecule has 0 saturated carbocycles. The number of sulfonamides is 1. The molecule has 122 valence electrons. The van der Waals surface area contributed by atoms with Gasteiger partial charge in [0, 0.05) is 32.4 Å². The topological polar surface area (TPSA) is 73.5 Å². The molecule has 1 N–H and O–H groups in total. The van der Waals surface area contributed by atoms with E-state index in [0.717, 1.165) is 12.1 Å². The van der Waals surface area contributed by atoms with Gasteiger partial charge in [-0.3, -0.25) is 4.79 Å². The molecular formula is C15H16FN3O3S. The number of nitrogens with zero attached hydrogens (tertiary/aromatic N) is 2. The Morgan fingerprint density at radius 2 is 1.70 bits per heavy atom. The van der Waals surface area contributed by atoms with E-state index in [2.05, 4.69) is 4.98 Å². The van der Waals surface area contributed by atoms with Gasteiger partial charge in [0.15, 0.2) is 0 Å². The lowest BCUT2D eigenvalue weighted by Gasteiger charge is -2.33. The van der Waals surface area contributed by atoms with Crippen LogP contribution in [-0.4, -0.2) is 54.7 Å². The second-order valence-corrected chi connectivity index (χ2v) is 7.17. The van der Waals surface area contributed by atoms with Crippen LogP contribution in [0.3, 0.4) is 0 Å². The first-order valence-electron chi connectivity index (χ1n) is 7.17. The molecule has 1 saturated heterocycles. The number of carbonyl (C=O) groups is 1. The van der Waals surface area contributed by atoms with Gasteiger partial charge in [0.1, 0.15) is 11.5 Å². The molecule has 1 aromatic heterocycles. The van der Waals surface area contributed by atoms with E-state index in [4.69, 9.17) is 0 Å². The number of piperazine rings is 1. The van der Waals surface area contributed by atoms with Gasteiger partial charge in [-0.25, -0.2) is 12.8 Å². The van der Waals surface area contributed by atoms with Crippen LogP contribution in [0.15, 0.2) is 47.5 Å². The summed E-state index contributed by atoms with van der Waals surface area (Å²) in [4.78, 5) is 16.7. The number of aromatic amines is 1. The van der Waals surface area contributed by atoms with Gasteiger partial charge in [-0.1, -0.05) is 0 Å². The van der Waals surface area contributed by atoms with Crippen LogP contribution in [0.5, 0.6) is 0 Å². The molecule has 3 rings (SSSR count). The Balaban J connectivity index is 1.69. The number of aromatic nitrogens is 1. The van der Waals surface area contributed by atoms with Crippen molar-refractivity contribution >= 4 is 15.9 Å². The summed E-state index contributed by atoms with van der Waals surface area (Å²) < 4.78 is 39.2. The minimum Gasteiger partial charge on any atom is -0.357 e. The van der Waals surface area contributed by atoms with E-state index in [1.807, 2.05) is 0 Å². The molecule has 1 aromatic carbocycles. The Morgan fingerprint density at radius 3 is 2.26 bits per heavy atom. The van der Waals surface area contributed by atoms with Gasteiger partial charge in [-0.05, 0) is 36.4 Å². The predicted octanol–water partition coefficient (Wildman–Crippen LogP) is 1.30. The van der Waals surface area contributed by atoms with Gasteiger partial charge in [-0.15, -0.1) is 0 Å². The summed E-state index contributed by atoms with van der Waals surface area (Å²) in [6, 6.07) is 8.17. The molecule has 1 amide bonds. The number of halogens is 1. The summed E-state index contributed by atoms with van der Waals surface area (Å²) in [5.41, 5.74) is 0.486. The lowest BCUT2D eigenvalue weighted by atomic mass is 10.3. The number of carbonyl (C=O) groups excluding carboxylic acids is 1. The van der Waals surface area contributed by atoms with Crippen molar-refractivity contribution < 1.29 is 17.6 Å². The Morgan fingerprint density at radius 1 is 1.04 bits per heavy atom. The molecule has 0 unspecified atom stereocenters. The van der Waals surface area contributed by atoms with Gasteiger partial charge in [0.25, 0.3) is 5.91 Å². The number of H-pyrrole nitrogens is 1. The third kappa shape index (κ3) is 3.13. The standard InChI is InChI=1S/C15H16FN3O3S/c16-12-3-5-13(6-4-12)23(21,22)19-10-8-18(9-11-19)15(20)14-2-1-7-17-14/h1-7,17H,8-11H2. The van der Waals surface area contributed by atoms with Crippen molar-refractivity contribution in [1.29, 1.82) is 0 Å². The third-order valence-electron chi connectivity index (χ3n) is 3.81. The van der Waals surface area contributed by atoms with Crippen molar-refractivity contribution in [2.75, 3.05) is 26.2 Å². The number of amides is 1. The van der Waals surface area contributed by atoms with Gasteiger partial charge in [-0.2, -0.15) is 4.31 Å². The van der Waals surface area contributed by atoms with Crippen molar-refractivity contribution in [3.05, 3.63) is 54.1 Å². The van der Waals surface area contributed by atoms with Crippen LogP contribution in [0.1, 0.15) is 10.5 Å². The van der Waals surface area contributed by atoms with E-state index >= 15 is 0 Å². The first-order valence-corrected chi connectivity index (χ1v) is 8.61. The van der Waals surface area contributed by atoms with E-state index in [1.54, 1.807) is 23.2 Å². The quantitative estimate of drug-likeness (QED) is 0.917. The second kappa shape index (κ2) is 6.13. The maximum Gasteiger partial charge on any atom is 0.270 e. The number of nitrogens with one attached hydrogen (secondary N) is 1. The molecule has 2 heterocycles. The highest BCUT2D eigenvalue weighted by molar-refractivity contribution is 7.89. The highest BCUT2D eigenvalue weighted by Gasteiger charge is 2.30. The summed E-state index contributed by atoms with van der Waals surface area (Å²) in [6.07, 6.45) is 1.67. The molecule has 0 aliphatic carbocycles. The molecule has 0 spiro atoms. The van der Waals surface area contributed by atoms with Gasteiger partial charge in [0.05, 0.1) is 4.90 Å². The molecule has 6 nitrogen and oxygen atoms in total. The fourth-order valence-corrected chi connectivity index (χ4v) is 3.94. The summed E-state index contributed by atoms with van der Waals surface area (Å²) in [5, 5.41) is 0. The highest BCUT2D eigenvalue weighted by atomic mass is 32.2. The van der Waals surface area contributed by atoms with Crippen LogP contribution in [0.2, 0.25) is 0 Å². The number of benzene rings is 1. The van der Waals surface area contributed by atoms with Crippen LogP contribution in [0.25, 0.3) is 0 Å². The van der Waals surface area contributed by atoms with Crippen molar-refractivity contribution in [1.82, 2.24) is 14.2 Å². The smallest absolute Gasteiger partial charge is 0.270 e. The molecule has 23 heavy (non-hydrogen) atoms. The normalized spacial score (nSPS) is 16.5. The van der Waals surface area contributed by atoms with Gasteiger partial charge >= 0.3 is 0 Å². The zero-order valence-corrected chi connectivity index (χ0v) is 13.1. The molecule has 1 aliphatic rings. The van der Waals surface area contributed by atoms with Crippen molar-refractivity contribution in [2.24, 2.45) is 0 Å². The van der Waals surface area contributed by atoms with Gasteiger partial charge < -0.3 is 9.88 Å². The summed E-state index contributed by atoms with van der Waals surface area (Å²) in [6.45, 7) is 1.06. The summed E-state index contributed by atoms with van der Waals surface area (Å²) in [5.74, 6) is -0.626. The largest absolute Gasteiger partial charge is 0.357 e. The van der Waals surface area contributed by atoms with E-state index in [0.29, 0.717) is 18.8 Å². The van der Waals surface area contributed by atoms with E-state index < -0.39 is 15.8 Å². The highest BCUT2D eigenvalue weighted by Crippen LogP contribution is 2.18. The fourth-order valence-electron chi connectivity index (χ4n) is 2.52. The van der Waals surface area contributed by atoms with Crippen LogP contribution < -0.4 is 0 Å². The Labute approximate surface area is 133 Å². The molecule has 2 aromatic rings. The zero-order valence-electron chi connectivity index (χ0n) is 12.3. The average Bonchev–Trinajstić information content (AvgIpc) is 3.09. The van der Waals surface area contributed by atoms with Crippen molar-refractivity contribution in [3.63, 3.8) is 0 Å². The van der Waals surface area contributed by atoms with Crippen LogP contribution in [0, 0.1) is 5.82 Å². The van der Waals surface area contributed by atoms with E-state index in [1.165, 1.54) is 16.4 Å². The van der Waals surface area contributed by atoms with Crippen LogP contribution in [0.4, 0.5) is 4.39 Å². The van der Waals surface area contributed by atoms with Crippen molar-refractivity contribution in [3.8, 4) is 0 Å². The minimum atomic E-state index is -3.66. The molecule has 0 atom stereocenters. The number of hydrogen-bond acceptors (Lipinski definition) is 3. The number of rotatable bonds is 3. The summed E-state index contributed by atoms with van der Waals surface area (Å²) in [7, 11) is -3.66. The Hall–Kier alpha value is -2.19. The molecular weight excluding hydrogens is 321 g/mol. The van der Waals surface area contributed by atoms with Crippen LogP contribution in [-0.2, 0) is 10.0 Å². The molecule has 8 heteroatoms. The SMILES string of the molecule is O=C(c1ccc[nH]1)N1CCN(S(=O)(=O)c2ccc(F)cc2)CC1. The molecule has 0 radical (unpaired) electrons. The Kier molecular flexibility index (Phi) is 4.18. The van der Waals surface area contributed by atoms with Crippen molar-refractivity contribution in [2.45, 2.75) is 4.90 Å². The van der Waals surface area contributed by atoms with E-state index in [-0.39, 0.29) is 23.9 Å². The maximum absolute atomic E-state index is 12.9. The lowest BCUT2D eigenvalue weighted by Crippen LogP contribution is -2.50. The monoisotopic (exact) mass is 337 g/mol. The predicted molar refractivity (Wildman–Crippen MR) is 81.9 cm³/mol. The summed E-state index contributed by atoms with van der Waals surface area (Å²) >= 11 is 0. The third-order valence-corrected chi connectivity index (χ3v) is 5.72. The lowest BCUT2D eigenvalue weighted by molar-refractivity contribution is 0.0692. The molecule has 1 aliphatic heterocycles. The first-order chi connectivity index (χ1) is 11.0. The minimum absolute atomic E-state index is 0.0584. The van der Waals surface area contributed by atoms with Crippen LogP contribution >= 0.6 is 0 Å².